The minimum atomic E-state index is -0.288. The van der Waals surface area contributed by atoms with E-state index >= 15 is 0 Å². The Labute approximate surface area is 104 Å². The smallest absolute Gasteiger partial charge is 0.272 e. The standard InChI is InChI=1S/C13H17N3O2/c1-7(2)8(3)14-10-6-4-5-9-11(10)13(18)16-15-12(9)17/h4-8,14H,1-3H3,(H,15,17)(H,16,18). The molecule has 0 amide bonds. The van der Waals surface area contributed by atoms with E-state index in [4.69, 9.17) is 0 Å². The SMILES string of the molecule is CC(C)C(C)Nc1cccc2c(=O)[nH][nH]c(=O)c12. The molecule has 1 aromatic heterocycles. The number of aromatic amines is 2. The van der Waals surface area contributed by atoms with E-state index in [1.807, 2.05) is 13.0 Å². The average molecular weight is 247 g/mol. The summed E-state index contributed by atoms with van der Waals surface area (Å²) in [5.74, 6) is 0.432. The maximum atomic E-state index is 11.8. The van der Waals surface area contributed by atoms with Crippen LogP contribution in [0.5, 0.6) is 0 Å². The van der Waals surface area contributed by atoms with Gasteiger partial charge < -0.3 is 5.32 Å². The Morgan fingerprint density at radius 2 is 1.72 bits per heavy atom. The van der Waals surface area contributed by atoms with Crippen LogP contribution in [0.3, 0.4) is 0 Å². The third-order valence-corrected chi connectivity index (χ3v) is 3.21. The van der Waals surface area contributed by atoms with Crippen molar-refractivity contribution < 1.29 is 0 Å². The van der Waals surface area contributed by atoms with E-state index < -0.39 is 0 Å². The molecule has 0 saturated carbocycles. The van der Waals surface area contributed by atoms with Crippen LogP contribution in [0.2, 0.25) is 0 Å². The summed E-state index contributed by atoms with van der Waals surface area (Å²) in [6.07, 6.45) is 0. The Hall–Kier alpha value is -2.04. The van der Waals surface area contributed by atoms with Gasteiger partial charge >= 0.3 is 0 Å². The zero-order valence-corrected chi connectivity index (χ0v) is 10.7. The number of nitrogens with one attached hydrogen (secondary N) is 3. The number of hydrogen-bond acceptors (Lipinski definition) is 3. The monoisotopic (exact) mass is 247 g/mol. The number of rotatable bonds is 3. The second kappa shape index (κ2) is 4.68. The van der Waals surface area contributed by atoms with Gasteiger partial charge in [-0.3, -0.25) is 19.8 Å². The molecule has 1 unspecified atom stereocenters. The van der Waals surface area contributed by atoms with Gasteiger partial charge in [-0.2, -0.15) is 0 Å². The van der Waals surface area contributed by atoms with Crippen LogP contribution in [-0.4, -0.2) is 16.2 Å². The van der Waals surface area contributed by atoms with Gasteiger partial charge in [-0.15, -0.1) is 0 Å². The minimum Gasteiger partial charge on any atom is -0.382 e. The summed E-state index contributed by atoms with van der Waals surface area (Å²) in [5.41, 5.74) is 0.121. The number of H-pyrrole nitrogens is 2. The van der Waals surface area contributed by atoms with E-state index in [-0.39, 0.29) is 17.2 Å². The van der Waals surface area contributed by atoms with Crippen molar-refractivity contribution >= 4 is 16.5 Å². The lowest BCUT2D eigenvalue weighted by molar-refractivity contribution is 0.560. The van der Waals surface area contributed by atoms with E-state index in [2.05, 4.69) is 29.4 Å². The molecule has 5 nitrogen and oxygen atoms in total. The summed E-state index contributed by atoms with van der Waals surface area (Å²) in [6, 6.07) is 5.45. The Morgan fingerprint density at radius 1 is 1.06 bits per heavy atom. The molecule has 1 aromatic carbocycles. The lowest BCUT2D eigenvalue weighted by Gasteiger charge is -2.19. The van der Waals surface area contributed by atoms with Crippen molar-refractivity contribution in [3.05, 3.63) is 38.9 Å². The average Bonchev–Trinajstić information content (AvgIpc) is 2.34. The fourth-order valence-electron chi connectivity index (χ4n) is 1.76. The number of aromatic nitrogens is 2. The van der Waals surface area contributed by atoms with E-state index in [9.17, 15) is 9.59 Å². The van der Waals surface area contributed by atoms with Crippen molar-refractivity contribution in [3.63, 3.8) is 0 Å². The second-order valence-electron chi connectivity index (χ2n) is 4.81. The van der Waals surface area contributed by atoms with Crippen LogP contribution in [-0.2, 0) is 0 Å². The molecule has 0 spiro atoms. The van der Waals surface area contributed by atoms with Crippen molar-refractivity contribution in [2.45, 2.75) is 26.8 Å². The van der Waals surface area contributed by atoms with Crippen LogP contribution in [0.1, 0.15) is 20.8 Å². The summed E-state index contributed by atoms with van der Waals surface area (Å²) in [4.78, 5) is 23.5. The predicted octanol–water partition coefficient (Wildman–Crippen LogP) is 1.67. The van der Waals surface area contributed by atoms with Crippen LogP contribution in [0, 0.1) is 5.92 Å². The van der Waals surface area contributed by atoms with E-state index in [1.54, 1.807) is 12.1 Å². The molecule has 2 rings (SSSR count). The first-order valence-corrected chi connectivity index (χ1v) is 6.01. The third kappa shape index (κ3) is 2.16. The Balaban J connectivity index is 2.62. The number of anilines is 1. The summed E-state index contributed by atoms with van der Waals surface area (Å²) >= 11 is 0. The Morgan fingerprint density at radius 3 is 2.39 bits per heavy atom. The highest BCUT2D eigenvalue weighted by Crippen LogP contribution is 2.19. The Bertz CT molecular complexity index is 670. The molecule has 18 heavy (non-hydrogen) atoms. The lowest BCUT2D eigenvalue weighted by atomic mass is 10.1. The van der Waals surface area contributed by atoms with Gasteiger partial charge in [-0.05, 0) is 25.0 Å². The molecule has 96 valence electrons. The lowest BCUT2D eigenvalue weighted by Crippen LogP contribution is -2.24. The maximum absolute atomic E-state index is 11.8. The highest BCUT2D eigenvalue weighted by Gasteiger charge is 2.12. The van der Waals surface area contributed by atoms with Crippen molar-refractivity contribution in [1.82, 2.24) is 10.2 Å². The van der Waals surface area contributed by atoms with Crippen LogP contribution >= 0.6 is 0 Å². The molecule has 1 heterocycles. The zero-order valence-electron chi connectivity index (χ0n) is 10.7. The first-order chi connectivity index (χ1) is 8.50. The third-order valence-electron chi connectivity index (χ3n) is 3.21. The van der Waals surface area contributed by atoms with Gasteiger partial charge in [0.15, 0.2) is 0 Å². The molecule has 0 saturated heterocycles. The molecule has 3 N–H and O–H groups in total. The van der Waals surface area contributed by atoms with Crippen molar-refractivity contribution in [2.75, 3.05) is 5.32 Å². The van der Waals surface area contributed by atoms with E-state index in [1.165, 1.54) is 0 Å². The van der Waals surface area contributed by atoms with Gasteiger partial charge in [0.2, 0.25) is 0 Å². The van der Waals surface area contributed by atoms with Gasteiger partial charge in [-0.1, -0.05) is 19.9 Å². The quantitative estimate of drug-likeness (QED) is 0.772. The molecule has 0 aliphatic carbocycles. The van der Waals surface area contributed by atoms with Crippen LogP contribution in [0.15, 0.2) is 27.8 Å². The molecular weight excluding hydrogens is 230 g/mol. The number of benzene rings is 1. The molecule has 0 fully saturated rings. The van der Waals surface area contributed by atoms with Crippen molar-refractivity contribution in [3.8, 4) is 0 Å². The molecule has 0 aliphatic rings. The largest absolute Gasteiger partial charge is 0.382 e. The molecule has 0 radical (unpaired) electrons. The molecule has 5 heteroatoms. The fraction of sp³-hybridized carbons (Fsp3) is 0.385. The number of fused-ring (bicyclic) bond motifs is 1. The molecular formula is C13H17N3O2. The van der Waals surface area contributed by atoms with Gasteiger partial charge in [0, 0.05) is 11.7 Å². The first-order valence-electron chi connectivity index (χ1n) is 6.01. The highest BCUT2D eigenvalue weighted by molar-refractivity contribution is 5.92. The zero-order chi connectivity index (χ0) is 13.3. The Kier molecular flexibility index (Phi) is 3.23. The van der Waals surface area contributed by atoms with Gasteiger partial charge in [-0.25, -0.2) is 0 Å². The fourth-order valence-corrected chi connectivity index (χ4v) is 1.76. The summed E-state index contributed by atoms with van der Waals surface area (Å²) in [5, 5.41) is 8.77. The number of hydrogen-bond donors (Lipinski definition) is 3. The second-order valence-corrected chi connectivity index (χ2v) is 4.81. The van der Waals surface area contributed by atoms with Gasteiger partial charge in [0.1, 0.15) is 0 Å². The highest BCUT2D eigenvalue weighted by atomic mass is 16.1. The van der Waals surface area contributed by atoms with Crippen molar-refractivity contribution in [1.29, 1.82) is 0 Å². The van der Waals surface area contributed by atoms with Crippen LogP contribution < -0.4 is 16.4 Å². The molecule has 0 aliphatic heterocycles. The predicted molar refractivity (Wildman–Crippen MR) is 73.1 cm³/mol. The van der Waals surface area contributed by atoms with Gasteiger partial charge in [0.25, 0.3) is 11.1 Å². The maximum Gasteiger partial charge on any atom is 0.272 e. The molecule has 1 atom stereocenters. The molecule has 2 aromatic rings. The van der Waals surface area contributed by atoms with Gasteiger partial charge in [0.05, 0.1) is 10.8 Å². The van der Waals surface area contributed by atoms with Crippen LogP contribution in [0.4, 0.5) is 5.69 Å². The topological polar surface area (TPSA) is 77.8 Å². The normalized spacial score (nSPS) is 12.9. The summed E-state index contributed by atoms with van der Waals surface area (Å²) in [7, 11) is 0. The minimum absolute atomic E-state index is 0.217. The first kappa shape index (κ1) is 12.4. The molecule has 0 bridgehead atoms. The van der Waals surface area contributed by atoms with E-state index in [0.29, 0.717) is 22.4 Å². The summed E-state index contributed by atoms with van der Waals surface area (Å²) in [6.45, 7) is 6.24. The van der Waals surface area contributed by atoms with Crippen molar-refractivity contribution in [2.24, 2.45) is 5.92 Å². The van der Waals surface area contributed by atoms with E-state index in [0.717, 1.165) is 0 Å². The van der Waals surface area contributed by atoms with Crippen LogP contribution in [0.25, 0.3) is 10.8 Å². The summed E-state index contributed by atoms with van der Waals surface area (Å²) < 4.78 is 0.